The van der Waals surface area contributed by atoms with E-state index in [9.17, 15) is 18.0 Å². The van der Waals surface area contributed by atoms with E-state index in [4.69, 9.17) is 10.8 Å². The van der Waals surface area contributed by atoms with Crippen molar-refractivity contribution >= 4 is 46.4 Å². The molecular formula is C29H29F3N6O2S. The van der Waals surface area contributed by atoms with Gasteiger partial charge < -0.3 is 10.5 Å². The molecule has 1 saturated heterocycles. The first-order valence-corrected chi connectivity index (χ1v) is 13.6. The number of thioether (sulfide) groups is 1. The van der Waals surface area contributed by atoms with Gasteiger partial charge in [0.05, 0.1) is 17.9 Å². The lowest BCUT2D eigenvalue weighted by Crippen LogP contribution is -2.41. The Kier molecular flexibility index (Phi) is 9.33. The summed E-state index contributed by atoms with van der Waals surface area (Å²) in [6.45, 7) is 4.49. The van der Waals surface area contributed by atoms with Crippen LogP contribution < -0.4 is 15.4 Å². The maximum Gasteiger partial charge on any atom is 0.573 e. The first-order chi connectivity index (χ1) is 19.5. The molecule has 1 fully saturated rings. The molecule has 1 aliphatic heterocycles. The monoisotopic (exact) mass is 582 g/mol. The lowest BCUT2D eigenvalue weighted by molar-refractivity contribution is -0.274. The molecular weight excluding hydrogens is 553 g/mol. The van der Waals surface area contributed by atoms with Crippen LogP contribution in [0.5, 0.6) is 5.75 Å². The van der Waals surface area contributed by atoms with Gasteiger partial charge in [-0.15, -0.1) is 13.2 Å². The van der Waals surface area contributed by atoms with Gasteiger partial charge in [0.25, 0.3) is 0 Å². The number of amides is 1. The highest BCUT2D eigenvalue weighted by atomic mass is 32.2. The summed E-state index contributed by atoms with van der Waals surface area (Å²) >= 11 is 1.56. The summed E-state index contributed by atoms with van der Waals surface area (Å²) < 4.78 is 40.7. The molecule has 12 heteroatoms. The minimum absolute atomic E-state index is 0.0310. The fourth-order valence-electron chi connectivity index (χ4n) is 4.16. The zero-order chi connectivity index (χ0) is 29.6. The molecule has 3 aromatic rings. The first kappa shape index (κ1) is 29.7. The van der Waals surface area contributed by atoms with Gasteiger partial charge >= 0.3 is 6.36 Å². The number of carbonyl (C=O) groups is 1. The summed E-state index contributed by atoms with van der Waals surface area (Å²) in [7, 11) is 1.86. The Balaban J connectivity index is 1.40. The molecule has 1 heterocycles. The van der Waals surface area contributed by atoms with Gasteiger partial charge in [0.2, 0.25) is 5.91 Å². The van der Waals surface area contributed by atoms with Crippen LogP contribution in [0.2, 0.25) is 0 Å². The summed E-state index contributed by atoms with van der Waals surface area (Å²) in [5, 5.41) is 7.21. The number of amidine groups is 2. The fraction of sp³-hybridized carbons (Fsp3) is 0.241. The maximum absolute atomic E-state index is 12.9. The SMILES string of the molecule is Cc1cccc(C)c1N1C(=O)CCS/C1=N\N(C)Cc1ccc(C(N)=NC=Nc2ccc(OC(F)(F)F)cc2)cc1. The molecule has 1 amide bonds. The molecule has 0 unspecified atom stereocenters. The Hall–Kier alpha value is -4.32. The Labute approximate surface area is 240 Å². The van der Waals surface area contributed by atoms with Crippen LogP contribution >= 0.6 is 11.8 Å². The number of alkyl halides is 3. The number of hydrogen-bond acceptors (Lipinski definition) is 6. The number of carbonyl (C=O) groups excluding carboxylic acids is 1. The number of para-hydroxylation sites is 1. The molecule has 4 rings (SSSR count). The van der Waals surface area contributed by atoms with E-state index in [1.807, 2.05) is 63.4 Å². The van der Waals surface area contributed by atoms with Crippen LogP contribution in [-0.2, 0) is 11.3 Å². The highest BCUT2D eigenvalue weighted by molar-refractivity contribution is 8.14. The van der Waals surface area contributed by atoms with Gasteiger partial charge in [-0.25, -0.2) is 9.98 Å². The molecule has 41 heavy (non-hydrogen) atoms. The van der Waals surface area contributed by atoms with Crippen molar-refractivity contribution in [2.24, 2.45) is 20.8 Å². The fourth-order valence-corrected chi connectivity index (χ4v) is 5.14. The van der Waals surface area contributed by atoms with Crippen LogP contribution in [-0.4, -0.2) is 47.4 Å². The predicted octanol–water partition coefficient (Wildman–Crippen LogP) is 6.14. The molecule has 0 radical (unpaired) electrons. The maximum atomic E-state index is 12.9. The predicted molar refractivity (Wildman–Crippen MR) is 158 cm³/mol. The summed E-state index contributed by atoms with van der Waals surface area (Å²) in [6.07, 6.45) is -3.06. The lowest BCUT2D eigenvalue weighted by Gasteiger charge is -2.31. The van der Waals surface area contributed by atoms with Gasteiger partial charge in [-0.05, 0) is 54.8 Å². The van der Waals surface area contributed by atoms with Crippen molar-refractivity contribution in [3.8, 4) is 5.75 Å². The highest BCUT2D eigenvalue weighted by Crippen LogP contribution is 2.31. The zero-order valence-corrected chi connectivity index (χ0v) is 23.5. The summed E-state index contributed by atoms with van der Waals surface area (Å²) in [4.78, 5) is 22.8. The third kappa shape index (κ3) is 8.10. The second kappa shape index (κ2) is 12.9. The Morgan fingerprint density at radius 1 is 1.07 bits per heavy atom. The standard InChI is InChI=1S/C29H29F3N6O2S/c1-19-5-4-6-20(2)26(19)38-25(39)15-16-41-28(38)36-37(3)17-21-7-9-22(10-8-21)27(33)35-18-34-23-11-13-24(14-12-23)40-29(30,31)32/h4-14,18H,15-17H2,1-3H3,(H2,33,34,35)/b36-28-. The number of rotatable bonds is 8. The van der Waals surface area contributed by atoms with E-state index in [2.05, 4.69) is 14.7 Å². The quantitative estimate of drug-likeness (QED) is 0.196. The van der Waals surface area contributed by atoms with Crippen molar-refractivity contribution in [3.63, 3.8) is 0 Å². The van der Waals surface area contributed by atoms with Crippen molar-refractivity contribution in [2.45, 2.75) is 33.2 Å². The largest absolute Gasteiger partial charge is 0.573 e. The van der Waals surface area contributed by atoms with E-state index < -0.39 is 6.36 Å². The van der Waals surface area contributed by atoms with Crippen LogP contribution in [0.15, 0.2) is 81.8 Å². The van der Waals surface area contributed by atoms with Crippen molar-refractivity contribution in [3.05, 3.63) is 89.0 Å². The van der Waals surface area contributed by atoms with E-state index in [0.717, 1.165) is 22.4 Å². The number of nitrogens with two attached hydrogens (primary N) is 1. The highest BCUT2D eigenvalue weighted by Gasteiger charge is 2.31. The van der Waals surface area contributed by atoms with Gasteiger partial charge in [0.1, 0.15) is 17.9 Å². The molecule has 2 N–H and O–H groups in total. The van der Waals surface area contributed by atoms with Crippen LogP contribution in [0.1, 0.15) is 28.7 Å². The van der Waals surface area contributed by atoms with Gasteiger partial charge in [0, 0.05) is 24.8 Å². The minimum atomic E-state index is -4.75. The van der Waals surface area contributed by atoms with Gasteiger partial charge in [0.15, 0.2) is 5.17 Å². The van der Waals surface area contributed by atoms with Gasteiger partial charge in [-0.1, -0.05) is 54.2 Å². The van der Waals surface area contributed by atoms with Gasteiger partial charge in [-0.3, -0.25) is 14.7 Å². The van der Waals surface area contributed by atoms with E-state index >= 15 is 0 Å². The van der Waals surface area contributed by atoms with E-state index in [1.54, 1.807) is 21.7 Å². The Bertz CT molecular complexity index is 1450. The third-order valence-electron chi connectivity index (χ3n) is 6.04. The van der Waals surface area contributed by atoms with Crippen molar-refractivity contribution in [1.82, 2.24) is 5.01 Å². The molecule has 1 aliphatic rings. The Morgan fingerprint density at radius 2 is 1.73 bits per heavy atom. The number of hydrogen-bond donors (Lipinski definition) is 1. The van der Waals surface area contributed by atoms with Crippen LogP contribution in [0.3, 0.4) is 0 Å². The number of ether oxygens (including phenoxy) is 1. The summed E-state index contributed by atoms with van der Waals surface area (Å²) in [5.74, 6) is 0.610. The number of hydrazone groups is 1. The molecule has 0 saturated carbocycles. The average molecular weight is 583 g/mol. The first-order valence-electron chi connectivity index (χ1n) is 12.6. The van der Waals surface area contributed by atoms with E-state index in [-0.39, 0.29) is 17.5 Å². The van der Waals surface area contributed by atoms with Crippen LogP contribution in [0.25, 0.3) is 0 Å². The number of nitrogens with zero attached hydrogens (tertiary/aromatic N) is 5. The van der Waals surface area contributed by atoms with Gasteiger partial charge in [-0.2, -0.15) is 5.10 Å². The molecule has 3 aromatic carbocycles. The number of benzene rings is 3. The lowest BCUT2D eigenvalue weighted by atomic mass is 10.1. The molecule has 0 aromatic heterocycles. The van der Waals surface area contributed by atoms with E-state index in [1.165, 1.54) is 30.6 Å². The van der Waals surface area contributed by atoms with Crippen molar-refractivity contribution in [1.29, 1.82) is 0 Å². The number of aryl methyl sites for hydroxylation is 2. The van der Waals surface area contributed by atoms with Crippen molar-refractivity contribution in [2.75, 3.05) is 17.7 Å². The number of halogens is 3. The van der Waals surface area contributed by atoms with Crippen LogP contribution in [0, 0.1) is 13.8 Å². The molecule has 0 atom stereocenters. The topological polar surface area (TPSA) is 95.9 Å². The number of aliphatic imine (C=N–C) groups is 2. The molecule has 0 spiro atoms. The smallest absolute Gasteiger partial charge is 0.406 e. The molecule has 214 valence electrons. The Morgan fingerprint density at radius 3 is 2.37 bits per heavy atom. The second-order valence-electron chi connectivity index (χ2n) is 9.26. The third-order valence-corrected chi connectivity index (χ3v) is 6.97. The molecule has 0 aliphatic carbocycles. The molecule has 0 bridgehead atoms. The number of anilines is 1. The summed E-state index contributed by atoms with van der Waals surface area (Å²) in [5.41, 5.74) is 11.0. The molecule has 8 nitrogen and oxygen atoms in total. The normalized spacial score (nSPS) is 15.6. The average Bonchev–Trinajstić information content (AvgIpc) is 2.90. The van der Waals surface area contributed by atoms with E-state index in [0.29, 0.717) is 35.1 Å². The van der Waals surface area contributed by atoms with Crippen molar-refractivity contribution < 1.29 is 22.7 Å². The zero-order valence-electron chi connectivity index (χ0n) is 22.7. The minimum Gasteiger partial charge on any atom is -0.406 e. The van der Waals surface area contributed by atoms with Crippen LogP contribution in [0.4, 0.5) is 24.5 Å². The summed E-state index contributed by atoms with van der Waals surface area (Å²) in [6, 6.07) is 18.5. The second-order valence-corrected chi connectivity index (χ2v) is 10.3.